The van der Waals surface area contributed by atoms with E-state index in [-0.39, 0.29) is 0 Å². The molecule has 1 aromatic rings. The Morgan fingerprint density at radius 1 is 1.37 bits per heavy atom. The van der Waals surface area contributed by atoms with Gasteiger partial charge in [0.15, 0.2) is 0 Å². The van der Waals surface area contributed by atoms with Crippen molar-refractivity contribution in [1.82, 2.24) is 9.97 Å². The van der Waals surface area contributed by atoms with Crippen molar-refractivity contribution in [3.05, 3.63) is 11.9 Å². The zero-order valence-corrected chi connectivity index (χ0v) is 11.9. The molecular weight excluding hydrogens is 240 g/mol. The van der Waals surface area contributed by atoms with Gasteiger partial charge in [-0.3, -0.25) is 0 Å². The van der Waals surface area contributed by atoms with Crippen LogP contribution in [0.15, 0.2) is 6.33 Å². The minimum absolute atomic E-state index is 0.315. The number of hydrogen-bond donors (Lipinski definition) is 2. The molecule has 2 unspecified atom stereocenters. The van der Waals surface area contributed by atoms with Crippen LogP contribution in [-0.2, 0) is 0 Å². The van der Waals surface area contributed by atoms with E-state index < -0.39 is 0 Å². The molecule has 106 valence electrons. The maximum Gasteiger partial charge on any atom is 0.221 e. The van der Waals surface area contributed by atoms with Gasteiger partial charge >= 0.3 is 0 Å². The van der Waals surface area contributed by atoms with E-state index in [1.807, 2.05) is 13.8 Å². The predicted molar refractivity (Wildman–Crippen MR) is 76.4 cm³/mol. The molecule has 1 heterocycles. The molecular formula is C14H24N4O. The Morgan fingerprint density at radius 2 is 2.16 bits per heavy atom. The lowest BCUT2D eigenvalue weighted by molar-refractivity contribution is 0.319. The second-order valence-corrected chi connectivity index (χ2v) is 5.17. The number of aromatic nitrogens is 2. The van der Waals surface area contributed by atoms with Crippen LogP contribution in [-0.4, -0.2) is 29.2 Å². The molecule has 5 nitrogen and oxygen atoms in total. The van der Waals surface area contributed by atoms with Crippen molar-refractivity contribution in [2.24, 2.45) is 11.7 Å². The second kappa shape index (κ2) is 6.70. The van der Waals surface area contributed by atoms with Gasteiger partial charge in [0.2, 0.25) is 5.88 Å². The van der Waals surface area contributed by atoms with Crippen molar-refractivity contribution in [3.8, 4) is 5.88 Å². The van der Waals surface area contributed by atoms with Crippen molar-refractivity contribution in [2.45, 2.75) is 45.6 Å². The highest BCUT2D eigenvalue weighted by Gasteiger charge is 2.21. The van der Waals surface area contributed by atoms with E-state index in [4.69, 9.17) is 10.5 Å². The quantitative estimate of drug-likeness (QED) is 0.852. The highest BCUT2D eigenvalue weighted by Crippen LogP contribution is 2.25. The van der Waals surface area contributed by atoms with Crippen LogP contribution < -0.4 is 15.8 Å². The minimum atomic E-state index is 0.315. The monoisotopic (exact) mass is 264 g/mol. The summed E-state index contributed by atoms with van der Waals surface area (Å²) in [5.74, 6) is 2.06. The summed E-state index contributed by atoms with van der Waals surface area (Å²) in [7, 11) is 0. The predicted octanol–water partition coefficient (Wildman–Crippen LogP) is 2.11. The summed E-state index contributed by atoms with van der Waals surface area (Å²) in [6, 6.07) is 0.315. The molecule has 0 aromatic carbocycles. The topological polar surface area (TPSA) is 73.1 Å². The average molecular weight is 264 g/mol. The first-order valence-corrected chi connectivity index (χ1v) is 7.16. The lowest BCUT2D eigenvalue weighted by atomic mass is 9.85. The van der Waals surface area contributed by atoms with Crippen molar-refractivity contribution in [3.63, 3.8) is 0 Å². The highest BCUT2D eigenvalue weighted by atomic mass is 16.5. The number of ether oxygens (including phenoxy) is 1. The van der Waals surface area contributed by atoms with E-state index in [0.717, 1.165) is 24.3 Å². The van der Waals surface area contributed by atoms with Crippen LogP contribution in [0, 0.1) is 12.8 Å². The fourth-order valence-electron chi connectivity index (χ4n) is 2.61. The molecule has 0 saturated heterocycles. The standard InChI is InChI=1S/C14H24N4O/c1-3-19-14-10(2)13(17-9-18-14)16-8-11-6-4-5-7-12(11)15/h9,11-12H,3-8,15H2,1-2H3,(H,16,17,18). The Bertz CT molecular complexity index is 410. The molecule has 2 atom stereocenters. The molecule has 1 saturated carbocycles. The molecule has 1 aliphatic rings. The Labute approximate surface area is 115 Å². The SMILES string of the molecule is CCOc1ncnc(NCC2CCCCC2N)c1C. The summed E-state index contributed by atoms with van der Waals surface area (Å²) in [4.78, 5) is 8.43. The van der Waals surface area contributed by atoms with Gasteiger partial charge in [-0.1, -0.05) is 12.8 Å². The van der Waals surface area contributed by atoms with Gasteiger partial charge in [0.25, 0.3) is 0 Å². The van der Waals surface area contributed by atoms with Crippen LogP contribution >= 0.6 is 0 Å². The van der Waals surface area contributed by atoms with E-state index in [0.29, 0.717) is 24.4 Å². The number of nitrogens with zero attached hydrogens (tertiary/aromatic N) is 2. The van der Waals surface area contributed by atoms with Gasteiger partial charge in [0.05, 0.1) is 12.2 Å². The normalized spacial score (nSPS) is 23.1. The maximum absolute atomic E-state index is 6.16. The van der Waals surface area contributed by atoms with Crippen LogP contribution in [0.1, 0.15) is 38.2 Å². The summed E-state index contributed by atoms with van der Waals surface area (Å²) in [5, 5.41) is 3.40. The summed E-state index contributed by atoms with van der Waals surface area (Å²) >= 11 is 0. The Hall–Kier alpha value is -1.36. The van der Waals surface area contributed by atoms with E-state index in [2.05, 4.69) is 15.3 Å². The van der Waals surface area contributed by atoms with E-state index in [9.17, 15) is 0 Å². The average Bonchev–Trinajstić information content (AvgIpc) is 2.42. The van der Waals surface area contributed by atoms with E-state index in [1.54, 1.807) is 6.33 Å². The molecule has 0 aliphatic heterocycles. The van der Waals surface area contributed by atoms with Gasteiger partial charge in [-0.2, -0.15) is 0 Å². The minimum Gasteiger partial charge on any atom is -0.478 e. The molecule has 3 N–H and O–H groups in total. The Morgan fingerprint density at radius 3 is 2.89 bits per heavy atom. The lowest BCUT2D eigenvalue weighted by Gasteiger charge is -2.29. The molecule has 0 spiro atoms. The third-order valence-electron chi connectivity index (χ3n) is 3.82. The molecule has 1 fully saturated rings. The first-order valence-electron chi connectivity index (χ1n) is 7.16. The summed E-state index contributed by atoms with van der Waals surface area (Å²) in [6.07, 6.45) is 6.43. The fraction of sp³-hybridized carbons (Fsp3) is 0.714. The first kappa shape index (κ1) is 14.1. The zero-order valence-electron chi connectivity index (χ0n) is 11.9. The molecule has 0 amide bonds. The third kappa shape index (κ3) is 3.56. The number of anilines is 1. The largest absolute Gasteiger partial charge is 0.478 e. The molecule has 5 heteroatoms. The molecule has 1 aliphatic carbocycles. The Kier molecular flexibility index (Phi) is 4.96. The third-order valence-corrected chi connectivity index (χ3v) is 3.82. The summed E-state index contributed by atoms with van der Waals surface area (Å²) < 4.78 is 5.47. The summed E-state index contributed by atoms with van der Waals surface area (Å²) in [5.41, 5.74) is 7.13. The van der Waals surface area contributed by atoms with Gasteiger partial charge < -0.3 is 15.8 Å². The van der Waals surface area contributed by atoms with Crippen molar-refractivity contribution >= 4 is 5.82 Å². The molecule has 0 bridgehead atoms. The number of rotatable bonds is 5. The number of nitrogens with one attached hydrogen (secondary N) is 1. The first-order chi connectivity index (χ1) is 9.22. The lowest BCUT2D eigenvalue weighted by Crippen LogP contribution is -2.37. The van der Waals surface area contributed by atoms with Crippen molar-refractivity contribution in [2.75, 3.05) is 18.5 Å². The van der Waals surface area contributed by atoms with Gasteiger partial charge in [0, 0.05) is 12.6 Å². The number of hydrogen-bond acceptors (Lipinski definition) is 5. The van der Waals surface area contributed by atoms with Crippen LogP contribution in [0.4, 0.5) is 5.82 Å². The van der Waals surface area contributed by atoms with E-state index >= 15 is 0 Å². The molecule has 19 heavy (non-hydrogen) atoms. The fourth-order valence-corrected chi connectivity index (χ4v) is 2.61. The Balaban J connectivity index is 1.97. The van der Waals surface area contributed by atoms with Crippen LogP contribution in [0.25, 0.3) is 0 Å². The van der Waals surface area contributed by atoms with E-state index in [1.165, 1.54) is 19.3 Å². The molecule has 0 radical (unpaired) electrons. The zero-order chi connectivity index (χ0) is 13.7. The van der Waals surface area contributed by atoms with Gasteiger partial charge in [-0.25, -0.2) is 9.97 Å². The maximum atomic E-state index is 6.16. The molecule has 1 aromatic heterocycles. The van der Waals surface area contributed by atoms with Crippen LogP contribution in [0.5, 0.6) is 5.88 Å². The molecule has 2 rings (SSSR count). The van der Waals surface area contributed by atoms with Crippen molar-refractivity contribution in [1.29, 1.82) is 0 Å². The van der Waals surface area contributed by atoms with Gasteiger partial charge in [0.1, 0.15) is 12.1 Å². The highest BCUT2D eigenvalue weighted by molar-refractivity contribution is 5.47. The van der Waals surface area contributed by atoms with Crippen LogP contribution in [0.2, 0.25) is 0 Å². The van der Waals surface area contributed by atoms with Gasteiger partial charge in [-0.05, 0) is 32.6 Å². The summed E-state index contributed by atoms with van der Waals surface area (Å²) in [6.45, 7) is 5.43. The smallest absolute Gasteiger partial charge is 0.221 e. The van der Waals surface area contributed by atoms with Crippen LogP contribution in [0.3, 0.4) is 0 Å². The number of nitrogens with two attached hydrogens (primary N) is 1. The van der Waals surface area contributed by atoms with Crippen molar-refractivity contribution < 1.29 is 4.74 Å². The second-order valence-electron chi connectivity index (χ2n) is 5.17. The van der Waals surface area contributed by atoms with Gasteiger partial charge in [-0.15, -0.1) is 0 Å².